The van der Waals surface area contributed by atoms with Crippen molar-refractivity contribution < 1.29 is 5.11 Å². The molecule has 0 aromatic heterocycles. The van der Waals surface area contributed by atoms with Crippen molar-refractivity contribution in [2.45, 2.75) is 111 Å². The highest BCUT2D eigenvalue weighted by Crippen LogP contribution is 2.67. The lowest BCUT2D eigenvalue weighted by molar-refractivity contribution is -0.0573. The second-order valence-corrected chi connectivity index (χ2v) is 12.4. The highest BCUT2D eigenvalue weighted by atomic mass is 16.3. The Morgan fingerprint density at radius 2 is 1.90 bits per heavy atom. The van der Waals surface area contributed by atoms with Crippen LogP contribution in [0.25, 0.3) is 0 Å². The fraction of sp³-hybridized carbons (Fsp3) is 0.862. The first-order valence-electron chi connectivity index (χ1n) is 13.3. The molecule has 0 bridgehead atoms. The standard InChI is InChI=1S/C29H48O/c1-6-8-20(2)9-7-10-21(3)25-13-14-26-24-12-11-22-19-23(30)15-17-28(22,4)27(24)16-18-29(25,26)5/h6,11,20-21,23-27,30H,1,7-10,12-19H2,2-5H3/t20?,21-,23+,24+,25-,26+,27+,28+,29-/m1/s1. The largest absolute Gasteiger partial charge is 0.393 e. The van der Waals surface area contributed by atoms with Gasteiger partial charge in [0.05, 0.1) is 6.10 Å². The molecule has 3 fully saturated rings. The first-order chi connectivity index (χ1) is 14.3. The zero-order valence-electron chi connectivity index (χ0n) is 20.3. The van der Waals surface area contributed by atoms with Crippen LogP contribution in [0.2, 0.25) is 0 Å². The molecule has 0 spiro atoms. The minimum absolute atomic E-state index is 0.0827. The molecule has 3 saturated carbocycles. The number of hydrogen-bond acceptors (Lipinski definition) is 1. The van der Waals surface area contributed by atoms with E-state index < -0.39 is 0 Å². The SMILES string of the molecule is C=CCC(C)CCC[C@@H](C)[C@H]1CC[C@H]2[C@@H]3CC=C4C[C@@H](O)CC[C@]4(C)[C@H]3CC[C@]12C. The molecule has 0 aromatic rings. The fourth-order valence-corrected chi connectivity index (χ4v) is 9.01. The molecule has 0 saturated heterocycles. The lowest BCUT2D eigenvalue weighted by Gasteiger charge is -2.58. The van der Waals surface area contributed by atoms with Crippen molar-refractivity contribution in [2.24, 2.45) is 46.3 Å². The van der Waals surface area contributed by atoms with Gasteiger partial charge in [-0.1, -0.05) is 64.7 Å². The first-order valence-corrected chi connectivity index (χ1v) is 13.3. The molecule has 1 heteroatoms. The summed E-state index contributed by atoms with van der Waals surface area (Å²) in [6, 6.07) is 0. The normalized spacial score (nSPS) is 45.0. The fourth-order valence-electron chi connectivity index (χ4n) is 9.01. The Kier molecular flexibility index (Phi) is 6.61. The highest BCUT2D eigenvalue weighted by Gasteiger charge is 2.59. The van der Waals surface area contributed by atoms with Crippen LogP contribution in [0.5, 0.6) is 0 Å². The van der Waals surface area contributed by atoms with Crippen molar-refractivity contribution in [3.8, 4) is 0 Å². The summed E-state index contributed by atoms with van der Waals surface area (Å²) in [6.45, 7) is 14.1. The van der Waals surface area contributed by atoms with E-state index in [0.29, 0.717) is 10.8 Å². The summed E-state index contributed by atoms with van der Waals surface area (Å²) < 4.78 is 0. The molecular formula is C29H48O. The van der Waals surface area contributed by atoms with Crippen molar-refractivity contribution in [3.05, 3.63) is 24.3 Å². The molecule has 0 aromatic carbocycles. The molecule has 1 nitrogen and oxygen atoms in total. The minimum Gasteiger partial charge on any atom is -0.393 e. The molecule has 0 heterocycles. The number of aliphatic hydroxyl groups is 1. The molecule has 0 radical (unpaired) electrons. The van der Waals surface area contributed by atoms with Gasteiger partial charge in [0.25, 0.3) is 0 Å². The molecular weight excluding hydrogens is 364 g/mol. The van der Waals surface area contributed by atoms with Crippen LogP contribution in [0.4, 0.5) is 0 Å². The van der Waals surface area contributed by atoms with Crippen LogP contribution in [0.1, 0.15) is 105 Å². The molecule has 30 heavy (non-hydrogen) atoms. The van der Waals surface area contributed by atoms with E-state index >= 15 is 0 Å². The van der Waals surface area contributed by atoms with Crippen molar-refractivity contribution in [1.29, 1.82) is 0 Å². The Hall–Kier alpha value is -0.560. The van der Waals surface area contributed by atoms with E-state index in [4.69, 9.17) is 0 Å². The van der Waals surface area contributed by atoms with Gasteiger partial charge >= 0.3 is 0 Å². The lowest BCUT2D eigenvalue weighted by Crippen LogP contribution is -2.50. The van der Waals surface area contributed by atoms with Crippen molar-refractivity contribution in [1.82, 2.24) is 0 Å². The van der Waals surface area contributed by atoms with Gasteiger partial charge in [-0.15, -0.1) is 6.58 Å². The number of allylic oxidation sites excluding steroid dienone is 2. The summed E-state index contributed by atoms with van der Waals surface area (Å²) in [5, 5.41) is 10.2. The van der Waals surface area contributed by atoms with Crippen LogP contribution in [0.3, 0.4) is 0 Å². The maximum atomic E-state index is 10.2. The van der Waals surface area contributed by atoms with Crippen molar-refractivity contribution in [3.63, 3.8) is 0 Å². The summed E-state index contributed by atoms with van der Waals surface area (Å²) in [5.74, 6) is 5.32. The third kappa shape index (κ3) is 3.87. The molecule has 1 N–H and O–H groups in total. The van der Waals surface area contributed by atoms with Crippen LogP contribution in [0.15, 0.2) is 24.3 Å². The zero-order chi connectivity index (χ0) is 21.5. The van der Waals surface area contributed by atoms with E-state index in [0.717, 1.165) is 48.3 Å². The van der Waals surface area contributed by atoms with Gasteiger partial charge in [0.2, 0.25) is 0 Å². The van der Waals surface area contributed by atoms with E-state index in [-0.39, 0.29) is 6.10 Å². The highest BCUT2D eigenvalue weighted by molar-refractivity contribution is 5.25. The number of fused-ring (bicyclic) bond motifs is 5. The minimum atomic E-state index is -0.0827. The molecule has 9 atom stereocenters. The topological polar surface area (TPSA) is 20.2 Å². The first kappa shape index (κ1) is 22.6. The Morgan fingerprint density at radius 3 is 2.67 bits per heavy atom. The third-order valence-electron chi connectivity index (χ3n) is 10.8. The molecule has 0 amide bonds. The van der Waals surface area contributed by atoms with Gasteiger partial charge in [0.15, 0.2) is 0 Å². The van der Waals surface area contributed by atoms with Crippen LogP contribution >= 0.6 is 0 Å². The predicted molar refractivity (Wildman–Crippen MR) is 128 cm³/mol. The second-order valence-electron chi connectivity index (χ2n) is 12.4. The predicted octanol–water partition coefficient (Wildman–Crippen LogP) is 7.94. The van der Waals surface area contributed by atoms with Gasteiger partial charge in [0.1, 0.15) is 0 Å². The van der Waals surface area contributed by atoms with Crippen molar-refractivity contribution >= 4 is 0 Å². The maximum absolute atomic E-state index is 10.2. The smallest absolute Gasteiger partial charge is 0.0577 e. The van der Waals surface area contributed by atoms with Gasteiger partial charge in [-0.2, -0.15) is 0 Å². The van der Waals surface area contributed by atoms with Gasteiger partial charge in [-0.25, -0.2) is 0 Å². The summed E-state index contributed by atoms with van der Waals surface area (Å²) in [6.07, 6.45) is 20.3. The molecule has 4 aliphatic rings. The Morgan fingerprint density at radius 1 is 1.10 bits per heavy atom. The van der Waals surface area contributed by atoms with Crippen LogP contribution in [-0.4, -0.2) is 11.2 Å². The quantitative estimate of drug-likeness (QED) is 0.421. The van der Waals surface area contributed by atoms with Gasteiger partial charge in [-0.05, 0) is 104 Å². The molecule has 170 valence electrons. The van der Waals surface area contributed by atoms with Gasteiger partial charge in [0, 0.05) is 0 Å². The molecule has 4 aliphatic carbocycles. The number of hydrogen-bond donors (Lipinski definition) is 1. The monoisotopic (exact) mass is 412 g/mol. The summed E-state index contributed by atoms with van der Waals surface area (Å²) in [7, 11) is 0. The summed E-state index contributed by atoms with van der Waals surface area (Å²) in [4.78, 5) is 0. The van der Waals surface area contributed by atoms with Crippen LogP contribution in [0, 0.1) is 46.3 Å². The van der Waals surface area contributed by atoms with E-state index in [9.17, 15) is 5.11 Å². The lowest BCUT2D eigenvalue weighted by atomic mass is 9.47. The molecule has 1 unspecified atom stereocenters. The van der Waals surface area contributed by atoms with Gasteiger partial charge in [-0.3, -0.25) is 0 Å². The number of rotatable bonds is 7. The maximum Gasteiger partial charge on any atom is 0.0577 e. The second kappa shape index (κ2) is 8.76. The Bertz CT molecular complexity index is 649. The van der Waals surface area contributed by atoms with Crippen molar-refractivity contribution in [2.75, 3.05) is 0 Å². The van der Waals surface area contributed by atoms with E-state index in [1.165, 1.54) is 64.2 Å². The average molecular weight is 413 g/mol. The van der Waals surface area contributed by atoms with Crippen LogP contribution < -0.4 is 0 Å². The van der Waals surface area contributed by atoms with E-state index in [1.807, 2.05) is 0 Å². The average Bonchev–Trinajstić information content (AvgIpc) is 3.06. The van der Waals surface area contributed by atoms with Gasteiger partial charge < -0.3 is 5.11 Å². The van der Waals surface area contributed by atoms with E-state index in [2.05, 4.69) is 46.4 Å². The number of aliphatic hydroxyl groups excluding tert-OH is 1. The molecule has 0 aliphatic heterocycles. The van der Waals surface area contributed by atoms with Crippen LogP contribution in [-0.2, 0) is 0 Å². The van der Waals surface area contributed by atoms with E-state index in [1.54, 1.807) is 5.57 Å². The Labute approximate surface area is 186 Å². The Balaban J connectivity index is 1.43. The summed E-state index contributed by atoms with van der Waals surface area (Å²) in [5.41, 5.74) is 2.57. The summed E-state index contributed by atoms with van der Waals surface area (Å²) >= 11 is 0. The zero-order valence-corrected chi connectivity index (χ0v) is 20.3. The third-order valence-corrected chi connectivity index (χ3v) is 10.8. The molecule has 4 rings (SSSR count).